The summed E-state index contributed by atoms with van der Waals surface area (Å²) in [7, 11) is 1.52. The van der Waals surface area contributed by atoms with Crippen LogP contribution in [0.15, 0.2) is 0 Å². The first-order chi connectivity index (χ1) is 5.72. The Kier molecular flexibility index (Phi) is 6.70. The number of likely N-dealkylation sites (N-methyl/N-ethyl adjacent to an activating group) is 1. The van der Waals surface area contributed by atoms with Gasteiger partial charge in [0.1, 0.15) is 6.10 Å². The maximum Gasteiger partial charge on any atom is 0.248 e. The van der Waals surface area contributed by atoms with Gasteiger partial charge in [0.05, 0.1) is 0 Å². The highest BCUT2D eigenvalue weighted by molar-refractivity contribution is 5.80. The lowest BCUT2D eigenvalue weighted by Gasteiger charge is -2.09. The van der Waals surface area contributed by atoms with Gasteiger partial charge in [0.2, 0.25) is 5.91 Å². The van der Waals surface area contributed by atoms with Crippen LogP contribution in [0.1, 0.15) is 13.8 Å². The van der Waals surface area contributed by atoms with Crippen molar-refractivity contribution < 1.29 is 9.53 Å². The number of amides is 1. The predicted octanol–water partition coefficient (Wildman–Crippen LogP) is -0.253. The molecular weight excluding hydrogens is 156 g/mol. The van der Waals surface area contributed by atoms with Crippen molar-refractivity contribution in [3.8, 4) is 0 Å². The third kappa shape index (κ3) is 5.09. The van der Waals surface area contributed by atoms with Crippen LogP contribution in [0.5, 0.6) is 0 Å². The van der Waals surface area contributed by atoms with Crippen molar-refractivity contribution in [3.63, 3.8) is 0 Å². The average molecular weight is 174 g/mol. The molecule has 12 heavy (non-hydrogen) atoms. The van der Waals surface area contributed by atoms with Gasteiger partial charge in [-0.05, 0) is 13.5 Å². The van der Waals surface area contributed by atoms with Gasteiger partial charge < -0.3 is 15.4 Å². The summed E-state index contributed by atoms with van der Waals surface area (Å²) in [6.07, 6.45) is -0.355. The molecule has 0 aliphatic carbocycles. The topological polar surface area (TPSA) is 50.4 Å². The van der Waals surface area contributed by atoms with Gasteiger partial charge in [-0.25, -0.2) is 0 Å². The van der Waals surface area contributed by atoms with Crippen molar-refractivity contribution in [1.82, 2.24) is 10.6 Å². The van der Waals surface area contributed by atoms with E-state index in [1.54, 1.807) is 6.92 Å². The van der Waals surface area contributed by atoms with E-state index in [4.69, 9.17) is 4.74 Å². The second-order valence-corrected chi connectivity index (χ2v) is 2.52. The lowest BCUT2D eigenvalue weighted by molar-refractivity contribution is -0.129. The van der Waals surface area contributed by atoms with E-state index in [9.17, 15) is 4.79 Å². The Morgan fingerprint density at radius 2 is 2.17 bits per heavy atom. The van der Waals surface area contributed by atoms with Crippen LogP contribution >= 0.6 is 0 Å². The summed E-state index contributed by atoms with van der Waals surface area (Å²) in [5, 5.41) is 5.85. The first-order valence-electron chi connectivity index (χ1n) is 4.23. The lowest BCUT2D eigenvalue weighted by Crippen LogP contribution is -2.37. The number of carbonyl (C=O) groups is 1. The summed E-state index contributed by atoms with van der Waals surface area (Å²) in [5.74, 6) is -0.0598. The summed E-state index contributed by atoms with van der Waals surface area (Å²) in [6.45, 7) is 6.14. The maximum absolute atomic E-state index is 11.1. The number of rotatable bonds is 6. The zero-order chi connectivity index (χ0) is 9.40. The van der Waals surface area contributed by atoms with E-state index < -0.39 is 0 Å². The van der Waals surface area contributed by atoms with Crippen molar-refractivity contribution >= 4 is 5.91 Å². The molecule has 1 unspecified atom stereocenters. The Hall–Kier alpha value is -0.610. The number of ether oxygens (including phenoxy) is 1. The predicted molar refractivity (Wildman–Crippen MR) is 48.0 cm³/mol. The molecule has 1 amide bonds. The minimum Gasteiger partial charge on any atom is -0.372 e. The molecule has 0 bridgehead atoms. The number of hydrogen-bond acceptors (Lipinski definition) is 3. The molecule has 0 spiro atoms. The molecule has 0 heterocycles. The fraction of sp³-hybridized carbons (Fsp3) is 0.875. The fourth-order valence-electron chi connectivity index (χ4n) is 0.702. The molecule has 0 aromatic carbocycles. The summed E-state index contributed by atoms with van der Waals surface area (Å²) < 4.78 is 4.84. The molecule has 4 nitrogen and oxygen atoms in total. The highest BCUT2D eigenvalue weighted by Gasteiger charge is 2.09. The third-order valence-corrected chi connectivity index (χ3v) is 1.57. The Labute approximate surface area is 73.7 Å². The van der Waals surface area contributed by atoms with E-state index in [2.05, 4.69) is 10.6 Å². The summed E-state index contributed by atoms with van der Waals surface area (Å²) in [6, 6.07) is 0. The Morgan fingerprint density at radius 3 is 2.67 bits per heavy atom. The quantitative estimate of drug-likeness (QED) is 0.546. The van der Waals surface area contributed by atoms with Crippen LogP contribution in [0.2, 0.25) is 0 Å². The second-order valence-electron chi connectivity index (χ2n) is 2.52. The molecule has 0 rings (SSSR count). The van der Waals surface area contributed by atoms with Crippen molar-refractivity contribution in [3.05, 3.63) is 0 Å². The van der Waals surface area contributed by atoms with Gasteiger partial charge in [0.25, 0.3) is 0 Å². The van der Waals surface area contributed by atoms with Crippen LogP contribution in [0.25, 0.3) is 0 Å². The van der Waals surface area contributed by atoms with Crippen LogP contribution in [-0.2, 0) is 9.53 Å². The number of hydrogen-bond donors (Lipinski definition) is 2. The number of carbonyl (C=O) groups excluding carboxylic acids is 1. The van der Waals surface area contributed by atoms with E-state index in [0.717, 1.165) is 13.1 Å². The van der Waals surface area contributed by atoms with E-state index >= 15 is 0 Å². The van der Waals surface area contributed by atoms with Crippen LogP contribution in [0, 0.1) is 0 Å². The molecule has 2 N–H and O–H groups in total. The van der Waals surface area contributed by atoms with Crippen molar-refractivity contribution in [2.24, 2.45) is 0 Å². The van der Waals surface area contributed by atoms with Crippen LogP contribution < -0.4 is 10.6 Å². The number of nitrogens with one attached hydrogen (secondary N) is 2. The minimum atomic E-state index is -0.355. The fourth-order valence-corrected chi connectivity index (χ4v) is 0.702. The van der Waals surface area contributed by atoms with Crippen molar-refractivity contribution in [1.29, 1.82) is 0 Å². The average Bonchev–Trinajstić information content (AvgIpc) is 2.10. The highest BCUT2D eigenvalue weighted by atomic mass is 16.5. The van der Waals surface area contributed by atoms with Gasteiger partial charge in [-0.2, -0.15) is 0 Å². The van der Waals surface area contributed by atoms with Gasteiger partial charge in [-0.15, -0.1) is 0 Å². The molecule has 0 aliphatic rings. The van der Waals surface area contributed by atoms with Gasteiger partial charge >= 0.3 is 0 Å². The monoisotopic (exact) mass is 174 g/mol. The molecular formula is C8H18N2O2. The summed E-state index contributed by atoms with van der Waals surface area (Å²) in [4.78, 5) is 11.1. The molecule has 0 saturated carbocycles. The molecule has 1 atom stereocenters. The lowest BCUT2D eigenvalue weighted by atomic mass is 10.4. The van der Waals surface area contributed by atoms with Crippen molar-refractivity contribution in [2.75, 3.05) is 26.7 Å². The van der Waals surface area contributed by atoms with E-state index in [1.807, 2.05) is 6.92 Å². The molecule has 72 valence electrons. The third-order valence-electron chi connectivity index (χ3n) is 1.57. The zero-order valence-electron chi connectivity index (χ0n) is 8.02. The maximum atomic E-state index is 11.1. The number of methoxy groups -OCH3 is 1. The largest absolute Gasteiger partial charge is 0.372 e. The smallest absolute Gasteiger partial charge is 0.248 e. The Morgan fingerprint density at radius 1 is 1.50 bits per heavy atom. The molecule has 0 saturated heterocycles. The van der Waals surface area contributed by atoms with Gasteiger partial charge in [-0.1, -0.05) is 6.92 Å². The van der Waals surface area contributed by atoms with E-state index in [0.29, 0.717) is 6.54 Å². The van der Waals surface area contributed by atoms with Gasteiger partial charge in [0.15, 0.2) is 0 Å². The summed E-state index contributed by atoms with van der Waals surface area (Å²) in [5.41, 5.74) is 0. The Bertz CT molecular complexity index is 128. The molecule has 0 fully saturated rings. The van der Waals surface area contributed by atoms with Crippen LogP contribution in [-0.4, -0.2) is 38.8 Å². The van der Waals surface area contributed by atoms with Crippen LogP contribution in [0.3, 0.4) is 0 Å². The minimum absolute atomic E-state index is 0.0598. The Balaban J connectivity index is 3.31. The van der Waals surface area contributed by atoms with E-state index in [1.165, 1.54) is 7.11 Å². The van der Waals surface area contributed by atoms with E-state index in [-0.39, 0.29) is 12.0 Å². The van der Waals surface area contributed by atoms with Crippen LogP contribution in [0.4, 0.5) is 0 Å². The SMILES string of the molecule is CCNCCNC(=O)C(C)OC. The zero-order valence-corrected chi connectivity index (χ0v) is 8.02. The first-order valence-corrected chi connectivity index (χ1v) is 4.23. The second kappa shape index (κ2) is 7.06. The normalized spacial score (nSPS) is 12.6. The van der Waals surface area contributed by atoms with Gasteiger partial charge in [-0.3, -0.25) is 4.79 Å². The molecule has 0 radical (unpaired) electrons. The standard InChI is InChI=1S/C8H18N2O2/c1-4-9-5-6-10-8(11)7(2)12-3/h7,9H,4-6H2,1-3H3,(H,10,11). The van der Waals surface area contributed by atoms with Crippen molar-refractivity contribution in [2.45, 2.75) is 20.0 Å². The molecule has 0 aliphatic heterocycles. The highest BCUT2D eigenvalue weighted by Crippen LogP contribution is 1.85. The molecule has 0 aromatic rings. The molecule has 4 heteroatoms. The first kappa shape index (κ1) is 11.4. The van der Waals surface area contributed by atoms with Gasteiger partial charge in [0, 0.05) is 20.2 Å². The molecule has 0 aromatic heterocycles. The summed E-state index contributed by atoms with van der Waals surface area (Å²) >= 11 is 0.